The topological polar surface area (TPSA) is 105 Å². The predicted molar refractivity (Wildman–Crippen MR) is 84.2 cm³/mol. The van der Waals surface area contributed by atoms with E-state index in [2.05, 4.69) is 15.2 Å². The molecule has 2 amide bonds. The Labute approximate surface area is 141 Å². The number of aromatic amines is 1. The molecule has 0 fully saturated rings. The van der Waals surface area contributed by atoms with Crippen molar-refractivity contribution in [1.82, 2.24) is 20.2 Å². The third-order valence-electron chi connectivity index (χ3n) is 3.76. The van der Waals surface area contributed by atoms with Gasteiger partial charge in [-0.2, -0.15) is 5.10 Å². The number of aromatic nitrogens is 3. The van der Waals surface area contributed by atoms with Crippen molar-refractivity contribution in [3.8, 4) is 11.3 Å². The van der Waals surface area contributed by atoms with E-state index in [1.165, 1.54) is 18.3 Å². The number of amides is 2. The lowest BCUT2D eigenvalue weighted by atomic mass is 10.1. The summed E-state index contributed by atoms with van der Waals surface area (Å²) in [6.45, 7) is 0. The van der Waals surface area contributed by atoms with Crippen molar-refractivity contribution in [3.05, 3.63) is 71.7 Å². The lowest BCUT2D eigenvalue weighted by Gasteiger charge is -2.12. The van der Waals surface area contributed by atoms with Crippen LogP contribution in [0.15, 0.2) is 55.0 Å². The molecule has 122 valence electrons. The number of benzene rings is 1. The molecule has 1 aliphatic rings. The van der Waals surface area contributed by atoms with Gasteiger partial charge in [-0.3, -0.25) is 19.7 Å². The highest BCUT2D eigenvalue weighted by molar-refractivity contribution is 6.21. The van der Waals surface area contributed by atoms with Gasteiger partial charge in [0.25, 0.3) is 11.8 Å². The fraction of sp³-hybridized carbons (Fsp3) is 0. The summed E-state index contributed by atoms with van der Waals surface area (Å²) in [5.74, 6) is -2.22. The fourth-order valence-electron chi connectivity index (χ4n) is 2.56. The number of fused-ring (bicyclic) bond motifs is 1. The molecule has 3 heterocycles. The maximum absolute atomic E-state index is 12.5. The molecule has 4 rings (SSSR count). The van der Waals surface area contributed by atoms with Gasteiger partial charge in [-0.1, -0.05) is 17.2 Å². The molecular formula is C17H10N4O4. The number of hydroxylamine groups is 2. The minimum absolute atomic E-state index is 0.0998. The predicted octanol–water partition coefficient (Wildman–Crippen LogP) is 1.84. The van der Waals surface area contributed by atoms with Crippen molar-refractivity contribution in [2.75, 3.05) is 0 Å². The zero-order valence-electron chi connectivity index (χ0n) is 12.7. The fourth-order valence-corrected chi connectivity index (χ4v) is 2.56. The summed E-state index contributed by atoms with van der Waals surface area (Å²) < 4.78 is 0. The normalized spacial score (nSPS) is 13.0. The number of imide groups is 1. The Hall–Kier alpha value is -3.81. The summed E-state index contributed by atoms with van der Waals surface area (Å²) in [7, 11) is 0. The molecule has 0 bridgehead atoms. The zero-order valence-corrected chi connectivity index (χ0v) is 12.7. The third-order valence-corrected chi connectivity index (χ3v) is 3.76. The van der Waals surface area contributed by atoms with Crippen LogP contribution >= 0.6 is 0 Å². The van der Waals surface area contributed by atoms with Crippen LogP contribution in [0.4, 0.5) is 0 Å². The molecule has 1 aromatic carbocycles. The molecule has 8 heteroatoms. The van der Waals surface area contributed by atoms with Crippen molar-refractivity contribution in [1.29, 1.82) is 0 Å². The van der Waals surface area contributed by atoms with Crippen LogP contribution < -0.4 is 0 Å². The van der Waals surface area contributed by atoms with Gasteiger partial charge in [-0.15, -0.1) is 0 Å². The third kappa shape index (κ3) is 2.36. The van der Waals surface area contributed by atoms with Crippen molar-refractivity contribution < 1.29 is 19.2 Å². The maximum Gasteiger partial charge on any atom is 0.367 e. The Kier molecular flexibility index (Phi) is 3.35. The molecule has 0 saturated carbocycles. The van der Waals surface area contributed by atoms with E-state index in [4.69, 9.17) is 4.84 Å². The molecule has 0 spiro atoms. The van der Waals surface area contributed by atoms with Crippen LogP contribution in [0.25, 0.3) is 11.3 Å². The monoisotopic (exact) mass is 334 g/mol. The quantitative estimate of drug-likeness (QED) is 0.733. The highest BCUT2D eigenvalue weighted by Crippen LogP contribution is 2.25. The van der Waals surface area contributed by atoms with Crippen molar-refractivity contribution >= 4 is 17.8 Å². The van der Waals surface area contributed by atoms with Crippen LogP contribution in [0.5, 0.6) is 0 Å². The van der Waals surface area contributed by atoms with Crippen LogP contribution in [-0.2, 0) is 4.84 Å². The van der Waals surface area contributed by atoms with E-state index in [9.17, 15) is 14.4 Å². The van der Waals surface area contributed by atoms with Crippen LogP contribution in [0.2, 0.25) is 0 Å². The second-order valence-corrected chi connectivity index (χ2v) is 5.22. The number of carbonyl (C=O) groups is 3. The minimum atomic E-state index is -0.866. The van der Waals surface area contributed by atoms with Crippen molar-refractivity contribution in [2.45, 2.75) is 0 Å². The highest BCUT2D eigenvalue weighted by Gasteiger charge is 2.39. The summed E-state index contributed by atoms with van der Waals surface area (Å²) in [6, 6.07) is 9.64. The summed E-state index contributed by atoms with van der Waals surface area (Å²) in [6.07, 6.45) is 4.40. The van der Waals surface area contributed by atoms with Crippen LogP contribution in [0.3, 0.4) is 0 Å². The smallest absolute Gasteiger partial charge is 0.324 e. The summed E-state index contributed by atoms with van der Waals surface area (Å²) in [5, 5.41) is 7.01. The van der Waals surface area contributed by atoms with Crippen LogP contribution in [0.1, 0.15) is 31.1 Å². The standard InChI is InChI=1S/C17H10N4O4/c22-15-11-3-1-2-4-12(11)16(23)21(15)25-17(24)13-9-19-20-14(13)10-5-7-18-8-6-10/h1-9H,(H,19,20). The molecule has 0 aliphatic carbocycles. The second-order valence-electron chi connectivity index (χ2n) is 5.22. The van der Waals surface area contributed by atoms with Crippen molar-refractivity contribution in [3.63, 3.8) is 0 Å². The molecule has 2 aromatic heterocycles. The van der Waals surface area contributed by atoms with Gasteiger partial charge in [0.05, 0.1) is 23.0 Å². The summed E-state index contributed by atoms with van der Waals surface area (Å²) in [4.78, 5) is 45.9. The Balaban J connectivity index is 1.62. The second kappa shape index (κ2) is 5.68. The molecule has 0 unspecified atom stereocenters. The molecule has 0 saturated heterocycles. The van der Waals surface area contributed by atoms with E-state index in [0.717, 1.165) is 0 Å². The average Bonchev–Trinajstić information content (AvgIpc) is 3.23. The molecule has 8 nitrogen and oxygen atoms in total. The molecule has 3 aromatic rings. The van der Waals surface area contributed by atoms with Gasteiger partial charge in [0.15, 0.2) is 0 Å². The number of nitrogens with zero attached hydrogens (tertiary/aromatic N) is 3. The van der Waals surface area contributed by atoms with E-state index >= 15 is 0 Å². The Morgan fingerprint density at radius 3 is 2.28 bits per heavy atom. The number of H-pyrrole nitrogens is 1. The van der Waals surface area contributed by atoms with E-state index in [-0.39, 0.29) is 16.7 Å². The van der Waals surface area contributed by atoms with Gasteiger partial charge in [0.1, 0.15) is 5.56 Å². The Bertz CT molecular complexity index is 962. The summed E-state index contributed by atoms with van der Waals surface area (Å²) >= 11 is 0. The highest BCUT2D eigenvalue weighted by atomic mass is 16.7. The van der Waals surface area contributed by atoms with E-state index in [1.54, 1.807) is 36.7 Å². The van der Waals surface area contributed by atoms with Crippen LogP contribution in [0, 0.1) is 0 Å². The van der Waals surface area contributed by atoms with Crippen molar-refractivity contribution in [2.24, 2.45) is 0 Å². The van der Waals surface area contributed by atoms with E-state index in [0.29, 0.717) is 16.3 Å². The summed E-state index contributed by atoms with van der Waals surface area (Å²) in [5.41, 5.74) is 1.57. The van der Waals surface area contributed by atoms with Gasteiger partial charge in [-0.25, -0.2) is 4.79 Å². The molecule has 25 heavy (non-hydrogen) atoms. The zero-order chi connectivity index (χ0) is 17.4. The van der Waals surface area contributed by atoms with Gasteiger partial charge in [-0.05, 0) is 24.3 Å². The lowest BCUT2D eigenvalue weighted by Crippen LogP contribution is -2.32. The van der Waals surface area contributed by atoms with E-state index < -0.39 is 17.8 Å². The minimum Gasteiger partial charge on any atom is -0.324 e. The number of hydrogen-bond acceptors (Lipinski definition) is 6. The Morgan fingerprint density at radius 1 is 1.00 bits per heavy atom. The Morgan fingerprint density at radius 2 is 1.64 bits per heavy atom. The first-order valence-corrected chi connectivity index (χ1v) is 7.30. The average molecular weight is 334 g/mol. The van der Waals surface area contributed by atoms with Gasteiger partial charge >= 0.3 is 5.97 Å². The SMILES string of the molecule is O=C(ON1C(=O)c2ccccc2C1=O)c1cn[nH]c1-c1ccncc1. The molecule has 0 atom stereocenters. The number of pyridine rings is 1. The molecular weight excluding hydrogens is 324 g/mol. The first-order chi connectivity index (χ1) is 12.2. The molecule has 1 N–H and O–H groups in total. The largest absolute Gasteiger partial charge is 0.367 e. The van der Waals surface area contributed by atoms with Gasteiger partial charge in [0, 0.05) is 18.0 Å². The van der Waals surface area contributed by atoms with Gasteiger partial charge < -0.3 is 4.84 Å². The number of nitrogens with one attached hydrogen (secondary N) is 1. The van der Waals surface area contributed by atoms with Crippen LogP contribution in [-0.4, -0.2) is 38.0 Å². The number of rotatable bonds is 3. The maximum atomic E-state index is 12.5. The first kappa shape index (κ1) is 14.8. The number of hydrogen-bond donors (Lipinski definition) is 1. The molecule has 1 aliphatic heterocycles. The lowest BCUT2D eigenvalue weighted by molar-refractivity contribution is -0.0584. The molecule has 0 radical (unpaired) electrons. The van der Waals surface area contributed by atoms with E-state index in [1.807, 2.05) is 0 Å². The number of carbonyl (C=O) groups excluding carboxylic acids is 3. The van der Waals surface area contributed by atoms with Gasteiger partial charge in [0.2, 0.25) is 0 Å². The first-order valence-electron chi connectivity index (χ1n) is 7.30.